The van der Waals surface area contributed by atoms with Gasteiger partial charge in [0.25, 0.3) is 0 Å². The summed E-state index contributed by atoms with van der Waals surface area (Å²) in [7, 11) is 0. The molecule has 1 aromatic rings. The third-order valence-electron chi connectivity index (χ3n) is 4.81. The van der Waals surface area contributed by atoms with Crippen molar-refractivity contribution in [1.82, 2.24) is 5.32 Å². The molecule has 0 saturated heterocycles. The predicted octanol–water partition coefficient (Wildman–Crippen LogP) is 4.94. The number of rotatable bonds is 6. The molecule has 2 saturated carbocycles. The molecule has 2 nitrogen and oxygen atoms in total. The van der Waals surface area contributed by atoms with E-state index < -0.39 is 0 Å². The Bertz CT molecular complexity index is 472. The molecule has 0 aromatic heterocycles. The predicted molar refractivity (Wildman–Crippen MR) is 88.0 cm³/mol. The minimum atomic E-state index is 0.344. The van der Waals surface area contributed by atoms with Crippen LogP contribution >= 0.6 is 11.6 Å². The molecular weight excluding hydrogens is 282 g/mol. The lowest BCUT2D eigenvalue weighted by molar-refractivity contribution is 0.0904. The van der Waals surface area contributed by atoms with Crippen LogP contribution in [0, 0.1) is 5.92 Å². The number of hydrogen-bond donors (Lipinski definition) is 1. The van der Waals surface area contributed by atoms with Crippen LogP contribution in [0.5, 0.6) is 5.75 Å². The monoisotopic (exact) mass is 307 g/mol. The maximum atomic E-state index is 6.42. The van der Waals surface area contributed by atoms with Gasteiger partial charge in [0.15, 0.2) is 0 Å². The van der Waals surface area contributed by atoms with Crippen molar-refractivity contribution in [3.05, 3.63) is 28.8 Å². The van der Waals surface area contributed by atoms with Crippen molar-refractivity contribution in [3.63, 3.8) is 0 Å². The zero-order valence-corrected chi connectivity index (χ0v) is 13.7. The van der Waals surface area contributed by atoms with Crippen LogP contribution in [0.2, 0.25) is 5.02 Å². The topological polar surface area (TPSA) is 21.3 Å². The molecule has 1 N–H and O–H groups in total. The molecule has 0 spiro atoms. The molecular formula is C18H26ClNO. The Hall–Kier alpha value is -0.730. The number of ether oxygens (including phenoxy) is 1. The molecule has 2 aliphatic carbocycles. The number of nitrogens with one attached hydrogen (secondary N) is 1. The molecule has 0 aliphatic heterocycles. The van der Waals surface area contributed by atoms with Gasteiger partial charge in [-0.2, -0.15) is 0 Å². The van der Waals surface area contributed by atoms with E-state index in [4.69, 9.17) is 16.3 Å². The van der Waals surface area contributed by atoms with Gasteiger partial charge in [0.1, 0.15) is 11.9 Å². The Morgan fingerprint density at radius 1 is 1.19 bits per heavy atom. The average molecular weight is 308 g/mol. The minimum absolute atomic E-state index is 0.344. The lowest BCUT2D eigenvalue weighted by Gasteiger charge is -2.31. The first-order valence-corrected chi connectivity index (χ1v) is 8.82. The summed E-state index contributed by atoms with van der Waals surface area (Å²) in [5.41, 5.74) is 1.25. The smallest absolute Gasteiger partial charge is 0.138 e. The third-order valence-corrected chi connectivity index (χ3v) is 5.11. The molecule has 2 fully saturated rings. The van der Waals surface area contributed by atoms with E-state index in [0.717, 1.165) is 23.4 Å². The summed E-state index contributed by atoms with van der Waals surface area (Å²) in [5, 5.41) is 4.27. The van der Waals surface area contributed by atoms with Crippen molar-refractivity contribution in [3.8, 4) is 5.75 Å². The Kier molecular flexibility index (Phi) is 5.07. The van der Waals surface area contributed by atoms with E-state index in [1.807, 2.05) is 6.07 Å². The molecule has 2 atom stereocenters. The molecule has 3 heteroatoms. The van der Waals surface area contributed by atoms with E-state index >= 15 is 0 Å². The van der Waals surface area contributed by atoms with Crippen LogP contribution in [0.3, 0.4) is 0 Å². The highest BCUT2D eigenvalue weighted by atomic mass is 35.5. The summed E-state index contributed by atoms with van der Waals surface area (Å²) >= 11 is 6.42. The van der Waals surface area contributed by atoms with Gasteiger partial charge in [-0.1, -0.05) is 31.0 Å². The number of halogens is 1. The summed E-state index contributed by atoms with van der Waals surface area (Å²) in [6, 6.07) is 6.97. The van der Waals surface area contributed by atoms with Crippen molar-refractivity contribution in [2.75, 3.05) is 0 Å². The van der Waals surface area contributed by atoms with Crippen LogP contribution < -0.4 is 10.1 Å². The van der Waals surface area contributed by atoms with E-state index in [9.17, 15) is 0 Å². The van der Waals surface area contributed by atoms with Gasteiger partial charge in [0.05, 0.1) is 5.02 Å². The summed E-state index contributed by atoms with van der Waals surface area (Å²) in [4.78, 5) is 0. The minimum Gasteiger partial charge on any atom is -0.489 e. The van der Waals surface area contributed by atoms with Crippen LogP contribution in [-0.2, 0) is 6.54 Å². The lowest BCUT2D eigenvalue weighted by Crippen LogP contribution is -2.30. The molecule has 116 valence electrons. The average Bonchev–Trinajstić information content (AvgIpc) is 3.32. The highest BCUT2D eigenvalue weighted by molar-refractivity contribution is 6.32. The Morgan fingerprint density at radius 2 is 2.00 bits per heavy atom. The van der Waals surface area contributed by atoms with Crippen LogP contribution in [0.1, 0.15) is 57.4 Å². The van der Waals surface area contributed by atoms with E-state index in [0.29, 0.717) is 12.0 Å². The molecule has 1 aromatic carbocycles. The van der Waals surface area contributed by atoms with Crippen molar-refractivity contribution in [1.29, 1.82) is 0 Å². The fourth-order valence-electron chi connectivity index (χ4n) is 3.26. The standard InChI is InChI=1S/C18H26ClNO/c1-2-14-5-3-4-6-17(14)21-18-10-7-13(11-16(18)19)12-20-15-8-9-15/h7,10-11,14-15,17,20H,2-6,8-9,12H2,1H3. The zero-order chi connectivity index (χ0) is 14.7. The molecule has 3 rings (SSSR count). The third kappa shape index (κ3) is 4.14. The van der Waals surface area contributed by atoms with Gasteiger partial charge in [-0.3, -0.25) is 0 Å². The number of hydrogen-bond acceptors (Lipinski definition) is 2. The maximum Gasteiger partial charge on any atom is 0.138 e. The number of benzene rings is 1. The van der Waals surface area contributed by atoms with Gasteiger partial charge in [0.2, 0.25) is 0 Å². The fourth-order valence-corrected chi connectivity index (χ4v) is 3.51. The molecule has 0 amide bonds. The Labute approximate surface area is 133 Å². The molecule has 21 heavy (non-hydrogen) atoms. The normalized spacial score (nSPS) is 25.8. The first kappa shape index (κ1) is 15.2. The van der Waals surface area contributed by atoms with Crippen LogP contribution in [-0.4, -0.2) is 12.1 Å². The van der Waals surface area contributed by atoms with Crippen molar-refractivity contribution >= 4 is 11.6 Å². The summed E-state index contributed by atoms with van der Waals surface area (Å²) < 4.78 is 6.23. The van der Waals surface area contributed by atoms with Gasteiger partial charge in [-0.25, -0.2) is 0 Å². The highest BCUT2D eigenvalue weighted by Crippen LogP contribution is 2.33. The highest BCUT2D eigenvalue weighted by Gasteiger charge is 2.26. The second-order valence-corrected chi connectivity index (χ2v) is 6.94. The molecule has 0 bridgehead atoms. The van der Waals surface area contributed by atoms with Gasteiger partial charge in [0, 0.05) is 12.6 Å². The van der Waals surface area contributed by atoms with Gasteiger partial charge >= 0.3 is 0 Å². The van der Waals surface area contributed by atoms with Gasteiger partial charge in [-0.15, -0.1) is 0 Å². The van der Waals surface area contributed by atoms with Crippen LogP contribution in [0.15, 0.2) is 18.2 Å². The summed E-state index contributed by atoms with van der Waals surface area (Å²) in [6.07, 6.45) is 9.26. The van der Waals surface area contributed by atoms with Crippen molar-refractivity contribution < 1.29 is 4.74 Å². The van der Waals surface area contributed by atoms with Gasteiger partial charge < -0.3 is 10.1 Å². The maximum absolute atomic E-state index is 6.42. The van der Waals surface area contributed by atoms with Crippen molar-refractivity contribution in [2.45, 2.75) is 70.6 Å². The second kappa shape index (κ2) is 7.02. The zero-order valence-electron chi connectivity index (χ0n) is 12.9. The largest absolute Gasteiger partial charge is 0.489 e. The van der Waals surface area contributed by atoms with E-state index in [1.54, 1.807) is 0 Å². The molecule has 2 aliphatic rings. The van der Waals surface area contributed by atoms with E-state index in [1.165, 1.54) is 50.5 Å². The second-order valence-electron chi connectivity index (χ2n) is 6.53. The molecule has 0 radical (unpaired) electrons. The van der Waals surface area contributed by atoms with Gasteiger partial charge in [-0.05, 0) is 62.1 Å². The molecule has 0 heterocycles. The first-order chi connectivity index (χ1) is 10.3. The van der Waals surface area contributed by atoms with E-state index in [2.05, 4.69) is 24.4 Å². The first-order valence-electron chi connectivity index (χ1n) is 8.44. The van der Waals surface area contributed by atoms with E-state index in [-0.39, 0.29) is 0 Å². The summed E-state index contributed by atoms with van der Waals surface area (Å²) in [5.74, 6) is 1.54. The lowest BCUT2D eigenvalue weighted by atomic mass is 9.85. The Morgan fingerprint density at radius 3 is 2.71 bits per heavy atom. The van der Waals surface area contributed by atoms with Crippen LogP contribution in [0.25, 0.3) is 0 Å². The van der Waals surface area contributed by atoms with Crippen molar-refractivity contribution in [2.24, 2.45) is 5.92 Å². The Balaban J connectivity index is 1.61. The molecule has 2 unspecified atom stereocenters. The fraction of sp³-hybridized carbons (Fsp3) is 0.667. The van der Waals surface area contributed by atoms with Crippen LogP contribution in [0.4, 0.5) is 0 Å². The summed E-state index contributed by atoms with van der Waals surface area (Å²) in [6.45, 7) is 3.17. The SMILES string of the molecule is CCC1CCCCC1Oc1ccc(CNC2CC2)cc1Cl. The quantitative estimate of drug-likeness (QED) is 0.803.